The van der Waals surface area contributed by atoms with Gasteiger partial charge in [-0.05, 0) is 24.1 Å². The third-order valence-electron chi connectivity index (χ3n) is 1.97. The molecule has 5 heteroatoms. The van der Waals surface area contributed by atoms with Crippen LogP contribution in [0.25, 0.3) is 0 Å². The van der Waals surface area contributed by atoms with Crippen molar-refractivity contribution in [1.29, 1.82) is 0 Å². The second-order valence-electron chi connectivity index (χ2n) is 3.39. The number of aryl methyl sites for hydroxylation is 1. The van der Waals surface area contributed by atoms with Gasteiger partial charge in [-0.2, -0.15) is 0 Å². The van der Waals surface area contributed by atoms with Crippen molar-refractivity contribution in [3.63, 3.8) is 0 Å². The van der Waals surface area contributed by atoms with Crippen molar-refractivity contribution < 1.29 is 19.1 Å². The van der Waals surface area contributed by atoms with Gasteiger partial charge >= 0.3 is 5.97 Å². The van der Waals surface area contributed by atoms with E-state index in [4.69, 9.17) is 5.11 Å². The minimum atomic E-state index is -0.912. The average molecular weight is 225 g/mol. The van der Waals surface area contributed by atoms with E-state index in [-0.39, 0.29) is 18.0 Å². The predicted molar refractivity (Wildman–Crippen MR) is 56.7 cm³/mol. The Kier molecular flexibility index (Phi) is 3.99. The fraction of sp³-hybridized carbons (Fsp3) is 0.273. The summed E-state index contributed by atoms with van der Waals surface area (Å²) in [6, 6.07) is 4.16. The minimum Gasteiger partial charge on any atom is -0.481 e. The van der Waals surface area contributed by atoms with Crippen molar-refractivity contribution >= 4 is 17.6 Å². The van der Waals surface area contributed by atoms with E-state index < -0.39 is 11.8 Å². The molecule has 0 heterocycles. The zero-order chi connectivity index (χ0) is 12.1. The van der Waals surface area contributed by atoms with Crippen molar-refractivity contribution in [3.05, 3.63) is 29.6 Å². The molecule has 86 valence electrons. The number of hydrogen-bond donors (Lipinski definition) is 2. The fourth-order valence-electron chi connectivity index (χ4n) is 1.26. The average Bonchev–Trinajstić information content (AvgIpc) is 2.18. The predicted octanol–water partition coefficient (Wildman–Crippen LogP) is 1.80. The largest absolute Gasteiger partial charge is 0.481 e. The molecule has 0 saturated heterocycles. The summed E-state index contributed by atoms with van der Waals surface area (Å²) in [4.78, 5) is 21.1. The molecular weight excluding hydrogens is 213 g/mol. The number of aliphatic carboxylic acids is 1. The Morgan fingerprint density at radius 2 is 2.12 bits per heavy atom. The van der Waals surface area contributed by atoms with E-state index in [1.807, 2.05) is 0 Å². The number of halogens is 1. The Balaban J connectivity index is 2.80. The molecule has 0 bridgehead atoms. The van der Waals surface area contributed by atoms with Crippen molar-refractivity contribution in [2.24, 2.45) is 0 Å². The number of carboxylic acid groups (broad SMARTS) is 1. The number of amides is 1. The van der Waals surface area contributed by atoms with Crippen LogP contribution in [-0.4, -0.2) is 17.0 Å². The Hall–Kier alpha value is -1.91. The number of benzene rings is 1. The van der Waals surface area contributed by atoms with Gasteiger partial charge < -0.3 is 10.4 Å². The highest BCUT2D eigenvalue weighted by Gasteiger charge is 2.06. The van der Waals surface area contributed by atoms with Gasteiger partial charge in [0.15, 0.2) is 0 Å². The van der Waals surface area contributed by atoms with Crippen molar-refractivity contribution in [3.8, 4) is 0 Å². The summed E-state index contributed by atoms with van der Waals surface area (Å²) >= 11 is 0. The molecule has 0 saturated carbocycles. The fourth-order valence-corrected chi connectivity index (χ4v) is 1.26. The number of hydrogen-bond acceptors (Lipinski definition) is 2. The van der Waals surface area contributed by atoms with Gasteiger partial charge in [0, 0.05) is 13.3 Å². The molecule has 4 nitrogen and oxygen atoms in total. The first-order chi connectivity index (χ1) is 7.49. The summed E-state index contributed by atoms with van der Waals surface area (Å²) in [6.07, 6.45) is 0.285. The first-order valence-corrected chi connectivity index (χ1v) is 4.77. The third kappa shape index (κ3) is 3.68. The minimum absolute atomic E-state index is 0.0227. The first-order valence-electron chi connectivity index (χ1n) is 4.77. The maximum atomic E-state index is 13.2. The highest BCUT2D eigenvalue weighted by molar-refractivity contribution is 5.88. The molecule has 0 aliphatic rings. The van der Waals surface area contributed by atoms with Crippen LogP contribution in [0.15, 0.2) is 18.2 Å². The van der Waals surface area contributed by atoms with Crippen LogP contribution in [0.1, 0.15) is 18.9 Å². The molecule has 0 radical (unpaired) electrons. The molecule has 0 fully saturated rings. The highest BCUT2D eigenvalue weighted by Crippen LogP contribution is 2.17. The van der Waals surface area contributed by atoms with Crippen LogP contribution in [0, 0.1) is 5.82 Å². The van der Waals surface area contributed by atoms with Gasteiger partial charge in [0.1, 0.15) is 5.82 Å². The third-order valence-corrected chi connectivity index (χ3v) is 1.97. The normalized spacial score (nSPS) is 9.88. The lowest BCUT2D eigenvalue weighted by atomic mass is 10.1. The molecule has 0 unspecified atom stereocenters. The topological polar surface area (TPSA) is 66.4 Å². The lowest BCUT2D eigenvalue weighted by Crippen LogP contribution is -2.08. The van der Waals surface area contributed by atoms with E-state index in [0.717, 1.165) is 0 Å². The first kappa shape index (κ1) is 12.2. The maximum Gasteiger partial charge on any atom is 0.303 e. The molecule has 2 N–H and O–H groups in total. The van der Waals surface area contributed by atoms with E-state index >= 15 is 0 Å². The lowest BCUT2D eigenvalue weighted by Gasteiger charge is -2.06. The number of carbonyl (C=O) groups excluding carboxylic acids is 1. The standard InChI is InChI=1S/C11H12FNO3/c1-7(14)13-10-6-8(2-4-9(10)12)3-5-11(15)16/h2,4,6H,3,5H2,1H3,(H,13,14)(H,15,16). The van der Waals surface area contributed by atoms with Crippen LogP contribution >= 0.6 is 0 Å². The van der Waals surface area contributed by atoms with Crippen LogP contribution in [0.3, 0.4) is 0 Å². The highest BCUT2D eigenvalue weighted by atomic mass is 19.1. The monoisotopic (exact) mass is 225 g/mol. The van der Waals surface area contributed by atoms with E-state index in [1.54, 1.807) is 0 Å². The van der Waals surface area contributed by atoms with Crippen LogP contribution < -0.4 is 5.32 Å². The number of carboxylic acids is 1. The van der Waals surface area contributed by atoms with E-state index in [2.05, 4.69) is 5.32 Å². The molecule has 1 rings (SSSR count). The van der Waals surface area contributed by atoms with Crippen LogP contribution in [0.5, 0.6) is 0 Å². The summed E-state index contributed by atoms with van der Waals surface area (Å²) in [5.41, 5.74) is 0.753. The van der Waals surface area contributed by atoms with E-state index in [0.29, 0.717) is 12.0 Å². The van der Waals surface area contributed by atoms with E-state index in [9.17, 15) is 14.0 Å². The van der Waals surface area contributed by atoms with Crippen LogP contribution in [0.4, 0.5) is 10.1 Å². The maximum absolute atomic E-state index is 13.2. The summed E-state index contributed by atoms with van der Waals surface area (Å²) in [5, 5.41) is 10.8. The Morgan fingerprint density at radius 1 is 1.44 bits per heavy atom. The summed E-state index contributed by atoms with van der Waals surface area (Å²) in [5.74, 6) is -1.81. The van der Waals surface area contributed by atoms with Gasteiger partial charge in [-0.3, -0.25) is 9.59 Å². The summed E-state index contributed by atoms with van der Waals surface area (Å²) in [6.45, 7) is 1.28. The zero-order valence-corrected chi connectivity index (χ0v) is 8.79. The molecule has 1 amide bonds. The van der Waals surface area contributed by atoms with Crippen molar-refractivity contribution in [2.75, 3.05) is 5.32 Å². The number of nitrogens with one attached hydrogen (secondary N) is 1. The summed E-state index contributed by atoms with van der Waals surface area (Å²) in [7, 11) is 0. The number of carbonyl (C=O) groups is 2. The van der Waals surface area contributed by atoms with Gasteiger partial charge in [0.2, 0.25) is 5.91 Å². The van der Waals surface area contributed by atoms with Crippen molar-refractivity contribution in [2.45, 2.75) is 19.8 Å². The van der Waals surface area contributed by atoms with Crippen LogP contribution in [0.2, 0.25) is 0 Å². The van der Waals surface area contributed by atoms with Gasteiger partial charge in [0.05, 0.1) is 5.69 Å². The zero-order valence-electron chi connectivity index (χ0n) is 8.79. The second-order valence-corrected chi connectivity index (χ2v) is 3.39. The molecule has 0 aliphatic carbocycles. The summed E-state index contributed by atoms with van der Waals surface area (Å²) < 4.78 is 13.2. The Labute approximate surface area is 92.1 Å². The Bertz CT molecular complexity index is 418. The van der Waals surface area contributed by atoms with Gasteiger partial charge in [-0.25, -0.2) is 4.39 Å². The van der Waals surface area contributed by atoms with Crippen LogP contribution in [-0.2, 0) is 16.0 Å². The number of rotatable bonds is 4. The molecule has 16 heavy (non-hydrogen) atoms. The lowest BCUT2D eigenvalue weighted by molar-refractivity contribution is -0.137. The van der Waals surface area contributed by atoms with E-state index in [1.165, 1.54) is 25.1 Å². The van der Waals surface area contributed by atoms with Gasteiger partial charge in [-0.15, -0.1) is 0 Å². The molecule has 0 spiro atoms. The van der Waals surface area contributed by atoms with Crippen molar-refractivity contribution in [1.82, 2.24) is 0 Å². The molecule has 1 aromatic rings. The van der Waals surface area contributed by atoms with Gasteiger partial charge in [-0.1, -0.05) is 6.07 Å². The SMILES string of the molecule is CC(=O)Nc1cc(CCC(=O)O)ccc1F. The molecular formula is C11H12FNO3. The van der Waals surface area contributed by atoms with Gasteiger partial charge in [0.25, 0.3) is 0 Å². The second kappa shape index (κ2) is 5.25. The number of anilines is 1. The molecule has 0 aliphatic heterocycles. The molecule has 1 aromatic carbocycles. The molecule has 0 atom stereocenters. The quantitative estimate of drug-likeness (QED) is 0.821. The molecule has 0 aromatic heterocycles. The Morgan fingerprint density at radius 3 is 2.69 bits per heavy atom. The smallest absolute Gasteiger partial charge is 0.303 e.